The summed E-state index contributed by atoms with van der Waals surface area (Å²) in [7, 11) is -3.64. The number of carbonyl (C=O) groups excluding carboxylic acids is 1. The number of halogens is 1. The number of carbonyl (C=O) groups is 1. The molecule has 0 bridgehead atoms. The van der Waals surface area contributed by atoms with Crippen LogP contribution in [0, 0.1) is 6.92 Å². The lowest BCUT2D eigenvalue weighted by Crippen LogP contribution is -2.50. The minimum atomic E-state index is -3.64. The Bertz CT molecular complexity index is 883. The van der Waals surface area contributed by atoms with E-state index in [0.29, 0.717) is 22.9 Å². The largest absolute Gasteiger partial charge is 0.492 e. The first kappa shape index (κ1) is 22.0. The maximum atomic E-state index is 12.7. The molecule has 6 nitrogen and oxygen atoms in total. The van der Waals surface area contributed by atoms with Crippen molar-refractivity contribution in [3.63, 3.8) is 0 Å². The van der Waals surface area contributed by atoms with Crippen molar-refractivity contribution in [1.29, 1.82) is 0 Å². The van der Waals surface area contributed by atoms with Gasteiger partial charge in [0.25, 0.3) is 0 Å². The van der Waals surface area contributed by atoms with Crippen molar-refractivity contribution in [1.82, 2.24) is 5.32 Å². The Morgan fingerprint density at radius 1 is 1.14 bits per heavy atom. The smallest absolute Gasteiger partial charge is 0.244 e. The van der Waals surface area contributed by atoms with Crippen molar-refractivity contribution >= 4 is 33.2 Å². The van der Waals surface area contributed by atoms with E-state index < -0.39 is 16.1 Å². The van der Waals surface area contributed by atoms with Gasteiger partial charge in [0.05, 0.1) is 18.5 Å². The van der Waals surface area contributed by atoms with E-state index in [0.717, 1.165) is 11.8 Å². The normalized spacial score (nSPS) is 12.3. The number of benzene rings is 2. The Kier molecular flexibility index (Phi) is 7.71. The Morgan fingerprint density at radius 3 is 2.29 bits per heavy atom. The molecule has 1 atom stereocenters. The van der Waals surface area contributed by atoms with Crippen LogP contribution in [0.4, 0.5) is 5.69 Å². The Hall–Kier alpha value is -2.25. The van der Waals surface area contributed by atoms with Crippen molar-refractivity contribution in [3.8, 4) is 5.75 Å². The first-order valence-electron chi connectivity index (χ1n) is 8.94. The van der Waals surface area contributed by atoms with Crippen LogP contribution in [0.3, 0.4) is 0 Å². The second kappa shape index (κ2) is 9.80. The van der Waals surface area contributed by atoms with E-state index in [2.05, 4.69) is 5.32 Å². The van der Waals surface area contributed by atoms with Crippen LogP contribution in [-0.4, -0.2) is 39.8 Å². The summed E-state index contributed by atoms with van der Waals surface area (Å²) in [5.74, 6) is 0.274. The fourth-order valence-electron chi connectivity index (χ4n) is 2.74. The average Bonchev–Trinajstić information content (AvgIpc) is 2.64. The molecule has 1 amide bonds. The van der Waals surface area contributed by atoms with Gasteiger partial charge < -0.3 is 10.1 Å². The highest BCUT2D eigenvalue weighted by Crippen LogP contribution is 2.23. The monoisotopic (exact) mass is 424 g/mol. The molecule has 8 heteroatoms. The van der Waals surface area contributed by atoms with Crippen molar-refractivity contribution in [2.75, 3.05) is 23.7 Å². The maximum absolute atomic E-state index is 12.7. The van der Waals surface area contributed by atoms with Crippen molar-refractivity contribution in [2.45, 2.75) is 26.3 Å². The molecule has 0 aliphatic heterocycles. The van der Waals surface area contributed by atoms with Crippen LogP contribution in [0.15, 0.2) is 48.5 Å². The zero-order chi connectivity index (χ0) is 20.7. The molecule has 1 N–H and O–H groups in total. The van der Waals surface area contributed by atoms with Gasteiger partial charge in [-0.05, 0) is 49.7 Å². The summed E-state index contributed by atoms with van der Waals surface area (Å²) in [6.07, 6.45) is 1.44. The molecule has 0 radical (unpaired) electrons. The van der Waals surface area contributed by atoms with Crippen molar-refractivity contribution < 1.29 is 17.9 Å². The van der Waals surface area contributed by atoms with Gasteiger partial charge in [0.15, 0.2) is 0 Å². The summed E-state index contributed by atoms with van der Waals surface area (Å²) in [4.78, 5) is 12.7. The summed E-state index contributed by atoms with van der Waals surface area (Å²) in [5, 5.41) is 3.37. The molecule has 0 aliphatic carbocycles. The Labute approximate surface area is 171 Å². The second-order valence-electron chi connectivity index (χ2n) is 6.41. The van der Waals surface area contributed by atoms with Crippen LogP contribution >= 0.6 is 11.6 Å². The first-order chi connectivity index (χ1) is 13.2. The van der Waals surface area contributed by atoms with Crippen LogP contribution in [0.5, 0.6) is 5.75 Å². The highest BCUT2D eigenvalue weighted by Gasteiger charge is 2.31. The predicted molar refractivity (Wildman–Crippen MR) is 113 cm³/mol. The van der Waals surface area contributed by atoms with E-state index >= 15 is 0 Å². The van der Waals surface area contributed by atoms with Crippen LogP contribution in [-0.2, 0) is 14.8 Å². The quantitative estimate of drug-likeness (QED) is 0.626. The SMILES string of the molecule is CCC(C(=O)NCCOc1ccc(Cl)cc1)N(c1ccc(C)cc1)S(C)(=O)=O. The van der Waals surface area contributed by atoms with Gasteiger partial charge in [0.1, 0.15) is 18.4 Å². The molecule has 2 aromatic rings. The van der Waals surface area contributed by atoms with Gasteiger partial charge >= 0.3 is 0 Å². The summed E-state index contributed by atoms with van der Waals surface area (Å²) in [5.41, 5.74) is 1.47. The molecule has 0 spiro atoms. The zero-order valence-corrected chi connectivity index (χ0v) is 17.8. The lowest BCUT2D eigenvalue weighted by Gasteiger charge is -2.30. The van der Waals surface area contributed by atoms with Crippen LogP contribution < -0.4 is 14.4 Å². The average molecular weight is 425 g/mol. The number of anilines is 1. The highest BCUT2D eigenvalue weighted by atomic mass is 35.5. The van der Waals surface area contributed by atoms with Gasteiger partial charge in [-0.3, -0.25) is 9.10 Å². The minimum Gasteiger partial charge on any atom is -0.492 e. The van der Waals surface area contributed by atoms with Gasteiger partial charge in [-0.1, -0.05) is 36.2 Å². The second-order valence-corrected chi connectivity index (χ2v) is 8.71. The Morgan fingerprint density at radius 2 is 1.75 bits per heavy atom. The molecular weight excluding hydrogens is 400 g/mol. The molecule has 0 aromatic heterocycles. The van der Waals surface area contributed by atoms with Gasteiger partial charge in [-0.15, -0.1) is 0 Å². The molecule has 0 fully saturated rings. The first-order valence-corrected chi connectivity index (χ1v) is 11.2. The third-order valence-electron chi connectivity index (χ3n) is 4.10. The Balaban J connectivity index is 2.02. The number of ether oxygens (including phenoxy) is 1. The third-order valence-corrected chi connectivity index (χ3v) is 5.53. The fraction of sp³-hybridized carbons (Fsp3) is 0.350. The van der Waals surface area contributed by atoms with E-state index in [-0.39, 0.29) is 19.1 Å². The standard InChI is InChI=1S/C20H25ClN2O4S/c1-4-19(23(28(3,25)26)17-9-5-15(2)6-10-17)20(24)22-13-14-27-18-11-7-16(21)8-12-18/h5-12,19H,4,13-14H2,1-3H3,(H,22,24). The van der Waals surface area contributed by atoms with Crippen molar-refractivity contribution in [2.24, 2.45) is 0 Å². The van der Waals surface area contributed by atoms with Gasteiger partial charge in [-0.25, -0.2) is 8.42 Å². The number of rotatable bonds is 9. The van der Waals surface area contributed by atoms with Crippen LogP contribution in [0.1, 0.15) is 18.9 Å². The highest BCUT2D eigenvalue weighted by molar-refractivity contribution is 7.92. The van der Waals surface area contributed by atoms with E-state index in [1.807, 2.05) is 19.1 Å². The fourth-order valence-corrected chi connectivity index (χ4v) is 4.08. The van der Waals surface area contributed by atoms with Crippen LogP contribution in [0.2, 0.25) is 5.02 Å². The number of amides is 1. The molecule has 0 heterocycles. The minimum absolute atomic E-state index is 0.253. The van der Waals surface area contributed by atoms with E-state index in [1.54, 1.807) is 43.3 Å². The molecule has 0 aliphatic rings. The summed E-state index contributed by atoms with van der Waals surface area (Å²) >= 11 is 5.82. The predicted octanol–water partition coefficient (Wildman–Crippen LogP) is 3.39. The van der Waals surface area contributed by atoms with E-state index in [1.165, 1.54) is 4.31 Å². The number of hydrogen-bond donors (Lipinski definition) is 1. The molecule has 28 heavy (non-hydrogen) atoms. The number of nitrogens with zero attached hydrogens (tertiary/aromatic N) is 1. The lowest BCUT2D eigenvalue weighted by molar-refractivity contribution is -0.122. The summed E-state index contributed by atoms with van der Waals surface area (Å²) in [6, 6.07) is 13.1. The molecule has 0 saturated carbocycles. The number of aryl methyl sites for hydroxylation is 1. The topological polar surface area (TPSA) is 75.7 Å². The molecule has 1 unspecified atom stereocenters. The summed E-state index contributed by atoms with van der Waals surface area (Å²) < 4.78 is 31.5. The third kappa shape index (κ3) is 6.14. The number of hydrogen-bond acceptors (Lipinski definition) is 4. The van der Waals surface area contributed by atoms with Crippen molar-refractivity contribution in [3.05, 3.63) is 59.1 Å². The van der Waals surface area contributed by atoms with Gasteiger partial charge in [0, 0.05) is 5.02 Å². The lowest BCUT2D eigenvalue weighted by atomic mass is 10.1. The number of sulfonamides is 1. The van der Waals surface area contributed by atoms with Gasteiger partial charge in [0.2, 0.25) is 15.9 Å². The zero-order valence-electron chi connectivity index (χ0n) is 16.2. The number of nitrogens with one attached hydrogen (secondary N) is 1. The molecular formula is C20H25ClN2O4S. The van der Waals surface area contributed by atoms with E-state index in [4.69, 9.17) is 16.3 Å². The molecule has 0 saturated heterocycles. The molecule has 152 valence electrons. The molecule has 2 rings (SSSR count). The maximum Gasteiger partial charge on any atom is 0.244 e. The van der Waals surface area contributed by atoms with Gasteiger partial charge in [-0.2, -0.15) is 0 Å². The van der Waals surface area contributed by atoms with Crippen LogP contribution in [0.25, 0.3) is 0 Å². The van der Waals surface area contributed by atoms with E-state index in [9.17, 15) is 13.2 Å². The summed E-state index contributed by atoms with van der Waals surface area (Å²) in [6.45, 7) is 4.21. The molecule has 2 aromatic carbocycles.